The molecule has 4 N–H and O–H groups in total. The van der Waals surface area contributed by atoms with Crippen LogP contribution in [0.25, 0.3) is 22.3 Å². The Kier molecular flexibility index (Phi) is 14.8. The first-order valence-electron chi connectivity index (χ1n) is 17.7. The molecule has 0 aliphatic carbocycles. The summed E-state index contributed by atoms with van der Waals surface area (Å²) >= 11 is 7.74. The zero-order valence-corrected chi connectivity index (χ0v) is 33.0. The zero-order chi connectivity index (χ0) is 44.4. The number of benzene rings is 6. The lowest BCUT2D eigenvalue weighted by Gasteiger charge is -2.13. The maximum atomic E-state index is 14.7. The molecule has 0 spiro atoms. The van der Waals surface area contributed by atoms with Crippen LogP contribution < -0.4 is 15.4 Å². The predicted molar refractivity (Wildman–Crippen MR) is 219 cm³/mol. The summed E-state index contributed by atoms with van der Waals surface area (Å²) in [7, 11) is 0. The van der Waals surface area contributed by atoms with Crippen molar-refractivity contribution in [1.29, 1.82) is 0 Å². The molecule has 0 aliphatic rings. The summed E-state index contributed by atoms with van der Waals surface area (Å²) in [4.78, 5) is 48.4. The molecule has 0 atom stereocenters. The number of alkyl halides is 3. The Labute approximate surface area is 353 Å². The van der Waals surface area contributed by atoms with Gasteiger partial charge in [0.15, 0.2) is 6.61 Å². The van der Waals surface area contributed by atoms with E-state index in [4.69, 9.17) is 16.3 Å². The lowest BCUT2D eigenvalue weighted by Crippen LogP contribution is -2.19. The average Bonchev–Trinajstić information content (AvgIpc) is 3.22. The topological polar surface area (TPSA) is 142 Å². The second-order valence-electron chi connectivity index (χ2n) is 12.6. The van der Waals surface area contributed by atoms with E-state index in [9.17, 15) is 55.7 Å². The smallest absolute Gasteiger partial charge is 0.422 e. The van der Waals surface area contributed by atoms with Crippen LogP contribution in [0.3, 0.4) is 0 Å². The second kappa shape index (κ2) is 20.0. The minimum absolute atomic E-state index is 0.0704. The van der Waals surface area contributed by atoms with Crippen LogP contribution in [-0.2, 0) is 0 Å². The number of thioether (sulfide) groups is 1. The summed E-state index contributed by atoms with van der Waals surface area (Å²) in [6.45, 7) is 0.533. The molecular formula is C44H31ClF6N2O7S. The number of hydrogen-bond donors (Lipinski definition) is 4. The largest absolute Gasteiger partial charge is 0.484 e. The second-order valence-corrected chi connectivity index (χ2v) is 14.4. The molecule has 17 heteroatoms. The SMILES string of the molecule is CCSc1cccc(-c2cc(F)c(NC(=O)c3ccccc3C(=O)O)c(F)c2)c1.O=C(O)c1ccccc1C(=O)Nc1c(F)cc(-c2cccc(OCC(F)(F)F)c2)cc1Cl. The van der Waals surface area contributed by atoms with E-state index in [1.54, 1.807) is 17.8 Å². The predicted octanol–water partition coefficient (Wildman–Crippen LogP) is 11.7. The standard InChI is InChI=1S/C22H14ClF4NO4.C22H17F2NO3S/c23-17-9-13(12-4-3-5-14(8-12)32-11-22(25,26)27)10-18(24)19(17)28-20(29)15-6-1-2-7-16(15)21(30)31;1-2-29-15-7-5-6-13(10-15)14-11-18(23)20(19(24)12-14)25-21(26)16-8-3-4-9-17(16)22(27)28/h1-10H,11H2,(H,28,29)(H,30,31);3-12H,2H2,1H3,(H,25,26)(H,27,28). The molecule has 0 aliphatic heterocycles. The van der Waals surface area contributed by atoms with Gasteiger partial charge in [0.1, 0.15) is 28.9 Å². The summed E-state index contributed by atoms with van der Waals surface area (Å²) in [6, 6.07) is 28.3. The van der Waals surface area contributed by atoms with Gasteiger partial charge in [-0.25, -0.2) is 22.8 Å². The third-order valence-electron chi connectivity index (χ3n) is 8.41. The highest BCUT2D eigenvalue weighted by Gasteiger charge is 2.28. The molecule has 6 aromatic carbocycles. The van der Waals surface area contributed by atoms with E-state index in [1.165, 1.54) is 78.9 Å². The molecule has 0 aromatic heterocycles. The third-order valence-corrected chi connectivity index (χ3v) is 9.59. The van der Waals surface area contributed by atoms with Crippen molar-refractivity contribution in [2.45, 2.75) is 18.0 Å². The number of carbonyl (C=O) groups excluding carboxylic acids is 2. The van der Waals surface area contributed by atoms with E-state index in [-0.39, 0.29) is 44.3 Å². The Balaban J connectivity index is 0.000000232. The molecular weight excluding hydrogens is 850 g/mol. The Morgan fingerprint density at radius 1 is 0.607 bits per heavy atom. The van der Waals surface area contributed by atoms with Crippen LogP contribution in [0.1, 0.15) is 48.4 Å². The summed E-state index contributed by atoms with van der Waals surface area (Å²) < 4.78 is 85.7. The van der Waals surface area contributed by atoms with Crippen molar-refractivity contribution >= 4 is 58.5 Å². The van der Waals surface area contributed by atoms with E-state index >= 15 is 0 Å². The van der Waals surface area contributed by atoms with Crippen LogP contribution >= 0.6 is 23.4 Å². The van der Waals surface area contributed by atoms with Crippen LogP contribution in [-0.4, -0.2) is 52.5 Å². The van der Waals surface area contributed by atoms with Crippen LogP contribution in [0.2, 0.25) is 5.02 Å². The number of ether oxygens (including phenoxy) is 1. The zero-order valence-electron chi connectivity index (χ0n) is 31.5. The first-order valence-corrected chi connectivity index (χ1v) is 19.1. The summed E-state index contributed by atoms with van der Waals surface area (Å²) in [5, 5.41) is 22.6. The van der Waals surface area contributed by atoms with Gasteiger partial charge in [-0.1, -0.05) is 67.1 Å². The Bertz CT molecular complexity index is 2580. The first kappa shape index (κ1) is 45.3. The van der Waals surface area contributed by atoms with Crippen LogP contribution in [0.15, 0.2) is 126 Å². The first-order chi connectivity index (χ1) is 28.9. The van der Waals surface area contributed by atoms with E-state index in [0.29, 0.717) is 16.7 Å². The number of aromatic carboxylic acids is 2. The van der Waals surface area contributed by atoms with Gasteiger partial charge >= 0.3 is 18.1 Å². The van der Waals surface area contributed by atoms with Gasteiger partial charge in [0, 0.05) is 4.90 Å². The average molecular weight is 881 g/mol. The molecule has 6 aromatic rings. The minimum atomic E-state index is -4.51. The molecule has 6 rings (SSSR count). The highest BCUT2D eigenvalue weighted by molar-refractivity contribution is 7.99. The lowest BCUT2D eigenvalue weighted by molar-refractivity contribution is -0.153. The number of anilines is 2. The van der Waals surface area contributed by atoms with Crippen LogP contribution in [0.4, 0.5) is 37.7 Å². The van der Waals surface area contributed by atoms with Crippen LogP contribution in [0.5, 0.6) is 5.75 Å². The molecule has 61 heavy (non-hydrogen) atoms. The fourth-order valence-electron chi connectivity index (χ4n) is 5.68. The molecule has 0 unspecified atom stereocenters. The van der Waals surface area contributed by atoms with Gasteiger partial charge in [-0.2, -0.15) is 13.2 Å². The highest BCUT2D eigenvalue weighted by Crippen LogP contribution is 2.34. The number of hydrogen-bond acceptors (Lipinski definition) is 6. The summed E-state index contributed by atoms with van der Waals surface area (Å²) in [5.41, 5.74) is -0.350. The van der Waals surface area contributed by atoms with Crippen molar-refractivity contribution in [2.75, 3.05) is 23.0 Å². The molecule has 2 amide bonds. The molecule has 314 valence electrons. The van der Waals surface area contributed by atoms with Gasteiger partial charge < -0.3 is 25.6 Å². The number of nitrogens with one attached hydrogen (secondary N) is 2. The monoisotopic (exact) mass is 880 g/mol. The molecule has 0 bridgehead atoms. The number of rotatable bonds is 12. The van der Waals surface area contributed by atoms with Gasteiger partial charge in [0.25, 0.3) is 11.8 Å². The summed E-state index contributed by atoms with van der Waals surface area (Å²) in [6.07, 6.45) is -4.51. The van der Waals surface area contributed by atoms with E-state index in [1.807, 2.05) is 25.1 Å². The van der Waals surface area contributed by atoms with Crippen molar-refractivity contribution in [1.82, 2.24) is 0 Å². The fourth-order valence-corrected chi connectivity index (χ4v) is 6.65. The molecule has 0 saturated heterocycles. The number of carboxylic acid groups (broad SMARTS) is 2. The Hall–Kier alpha value is -6.78. The minimum Gasteiger partial charge on any atom is -0.484 e. The van der Waals surface area contributed by atoms with Crippen molar-refractivity contribution in [3.8, 4) is 28.0 Å². The number of carboxylic acids is 2. The quantitative estimate of drug-likeness (QED) is 0.0703. The molecule has 0 radical (unpaired) electrons. The van der Waals surface area contributed by atoms with Crippen molar-refractivity contribution in [3.63, 3.8) is 0 Å². The molecule has 0 saturated carbocycles. The maximum Gasteiger partial charge on any atom is 0.422 e. The van der Waals surface area contributed by atoms with Crippen molar-refractivity contribution in [3.05, 3.63) is 166 Å². The number of amides is 2. The van der Waals surface area contributed by atoms with E-state index in [0.717, 1.165) is 28.8 Å². The van der Waals surface area contributed by atoms with E-state index in [2.05, 4.69) is 10.6 Å². The van der Waals surface area contributed by atoms with Crippen LogP contribution in [0, 0.1) is 17.5 Å². The molecule has 0 heterocycles. The maximum absolute atomic E-state index is 14.7. The van der Waals surface area contributed by atoms with Gasteiger partial charge in [0.2, 0.25) is 0 Å². The lowest BCUT2D eigenvalue weighted by atomic mass is 10.0. The van der Waals surface area contributed by atoms with Gasteiger partial charge in [0.05, 0.1) is 33.0 Å². The van der Waals surface area contributed by atoms with Gasteiger partial charge in [-0.3, -0.25) is 9.59 Å². The van der Waals surface area contributed by atoms with E-state index < -0.39 is 59.7 Å². The molecule has 0 fully saturated rings. The summed E-state index contributed by atoms with van der Waals surface area (Å²) in [5.74, 6) is -6.44. The fraction of sp³-hybridized carbons (Fsp3) is 0.0909. The molecule has 9 nitrogen and oxygen atoms in total. The van der Waals surface area contributed by atoms with Gasteiger partial charge in [-0.05, 0) is 101 Å². The Morgan fingerprint density at radius 2 is 1.07 bits per heavy atom. The van der Waals surface area contributed by atoms with Crippen molar-refractivity contribution in [2.24, 2.45) is 0 Å². The Morgan fingerprint density at radius 3 is 1.56 bits per heavy atom. The number of halogens is 7. The third kappa shape index (κ3) is 11.9. The normalized spacial score (nSPS) is 10.9. The van der Waals surface area contributed by atoms with Crippen molar-refractivity contribution < 1.29 is 60.5 Å². The highest BCUT2D eigenvalue weighted by atomic mass is 35.5. The van der Waals surface area contributed by atoms with Gasteiger partial charge in [-0.15, -0.1) is 11.8 Å². The number of carbonyl (C=O) groups is 4.